The van der Waals surface area contributed by atoms with Crippen LogP contribution < -0.4 is 5.32 Å². The Balaban J connectivity index is 1.89. The van der Waals surface area contributed by atoms with Gasteiger partial charge in [-0.05, 0) is 24.8 Å². The van der Waals surface area contributed by atoms with Gasteiger partial charge in [0, 0.05) is 12.1 Å². The summed E-state index contributed by atoms with van der Waals surface area (Å²) in [6.07, 6.45) is 1.01. The summed E-state index contributed by atoms with van der Waals surface area (Å²) in [6.45, 7) is 7.33. The van der Waals surface area contributed by atoms with Crippen molar-refractivity contribution in [3.8, 4) is 0 Å². The van der Waals surface area contributed by atoms with Crippen molar-refractivity contribution in [2.45, 2.75) is 39.2 Å². The van der Waals surface area contributed by atoms with Gasteiger partial charge in [-0.3, -0.25) is 15.0 Å². The second-order valence-corrected chi connectivity index (χ2v) is 5.81. The molecule has 2 heterocycles. The van der Waals surface area contributed by atoms with Crippen molar-refractivity contribution in [2.24, 2.45) is 5.92 Å². The summed E-state index contributed by atoms with van der Waals surface area (Å²) in [5.41, 5.74) is 0.823. The summed E-state index contributed by atoms with van der Waals surface area (Å²) in [5.74, 6) is 0.934. The molecule has 0 bridgehead atoms. The largest absolute Gasteiger partial charge is 0.395 e. The number of nitrogens with one attached hydrogen (secondary N) is 1. The molecular weight excluding hydrogens is 258 g/mol. The quantitative estimate of drug-likeness (QED) is 0.854. The van der Waals surface area contributed by atoms with Gasteiger partial charge < -0.3 is 9.63 Å². The Hall–Kier alpha value is -1.40. The average Bonchev–Trinajstić information content (AvgIpc) is 2.97. The lowest BCUT2D eigenvalue weighted by Gasteiger charge is -2.23. The van der Waals surface area contributed by atoms with Gasteiger partial charge in [-0.2, -0.15) is 0 Å². The van der Waals surface area contributed by atoms with Crippen LogP contribution in [0.5, 0.6) is 0 Å². The minimum Gasteiger partial charge on any atom is -0.395 e. The van der Waals surface area contributed by atoms with Crippen LogP contribution >= 0.6 is 0 Å². The molecule has 1 saturated heterocycles. The van der Waals surface area contributed by atoms with Gasteiger partial charge in [0.05, 0.1) is 18.8 Å². The molecule has 1 aliphatic heterocycles. The highest BCUT2D eigenvalue weighted by atomic mass is 16.5. The molecule has 1 aliphatic rings. The Labute approximate surface area is 119 Å². The summed E-state index contributed by atoms with van der Waals surface area (Å²) in [5, 5.41) is 16.0. The molecule has 1 aromatic rings. The molecule has 0 radical (unpaired) electrons. The second kappa shape index (κ2) is 6.37. The van der Waals surface area contributed by atoms with Gasteiger partial charge in [-0.15, -0.1) is 0 Å². The summed E-state index contributed by atoms with van der Waals surface area (Å²) >= 11 is 0. The number of aromatic nitrogens is 1. The van der Waals surface area contributed by atoms with Gasteiger partial charge in [0.25, 0.3) is 0 Å². The molecule has 112 valence electrons. The minimum absolute atomic E-state index is 0.0710. The van der Waals surface area contributed by atoms with Crippen molar-refractivity contribution >= 4 is 11.8 Å². The highest BCUT2D eigenvalue weighted by Gasteiger charge is 2.31. The maximum Gasteiger partial charge on any atom is 0.240 e. The van der Waals surface area contributed by atoms with E-state index in [4.69, 9.17) is 4.52 Å². The van der Waals surface area contributed by atoms with E-state index < -0.39 is 0 Å². The molecule has 2 atom stereocenters. The molecule has 6 heteroatoms. The lowest BCUT2D eigenvalue weighted by Crippen LogP contribution is -2.40. The Morgan fingerprint density at radius 1 is 1.65 bits per heavy atom. The first-order valence-corrected chi connectivity index (χ1v) is 7.12. The Morgan fingerprint density at radius 2 is 2.40 bits per heavy atom. The van der Waals surface area contributed by atoms with Gasteiger partial charge in [0.15, 0.2) is 0 Å². The smallest absolute Gasteiger partial charge is 0.240 e. The number of rotatable bonds is 5. The number of carbonyl (C=O) groups excluding carboxylic acids is 1. The molecule has 20 heavy (non-hydrogen) atoms. The van der Waals surface area contributed by atoms with E-state index >= 15 is 0 Å². The first-order valence-electron chi connectivity index (χ1n) is 7.12. The maximum atomic E-state index is 12.0. The lowest BCUT2D eigenvalue weighted by atomic mass is 10.0. The number of nitrogens with zero attached hydrogens (tertiary/aromatic N) is 2. The normalized spacial score (nSPS) is 23.4. The van der Waals surface area contributed by atoms with Gasteiger partial charge in [0.1, 0.15) is 0 Å². The molecule has 6 nitrogen and oxygen atoms in total. The van der Waals surface area contributed by atoms with Crippen LogP contribution in [0.1, 0.15) is 38.8 Å². The summed E-state index contributed by atoms with van der Waals surface area (Å²) < 4.78 is 5.09. The predicted molar refractivity (Wildman–Crippen MR) is 75.4 cm³/mol. The zero-order valence-electron chi connectivity index (χ0n) is 12.3. The second-order valence-electron chi connectivity index (χ2n) is 5.81. The molecule has 2 N–H and O–H groups in total. The lowest BCUT2D eigenvalue weighted by molar-refractivity contribution is -0.117. The monoisotopic (exact) mass is 281 g/mol. The van der Waals surface area contributed by atoms with E-state index in [1.165, 1.54) is 0 Å². The number of aliphatic hydroxyl groups excluding tert-OH is 1. The zero-order valence-corrected chi connectivity index (χ0v) is 12.3. The van der Waals surface area contributed by atoms with E-state index in [9.17, 15) is 9.90 Å². The number of anilines is 1. The predicted octanol–water partition coefficient (Wildman–Crippen LogP) is 1.44. The molecule has 1 amide bonds. The standard InChI is InChI=1S/C14H23N3O3/c1-9(2)11-6-14(20-16-11)15-13(19)7-17-5-4-10(3)12(17)8-18/h6,9-10,12,18H,4-5,7-8H2,1-3H3,(H,15,19). The van der Waals surface area contributed by atoms with E-state index in [0.29, 0.717) is 11.8 Å². The molecule has 0 spiro atoms. The van der Waals surface area contributed by atoms with E-state index in [1.54, 1.807) is 6.07 Å². The highest BCUT2D eigenvalue weighted by molar-refractivity contribution is 5.91. The average molecular weight is 281 g/mol. The van der Waals surface area contributed by atoms with Crippen molar-refractivity contribution in [1.82, 2.24) is 10.1 Å². The summed E-state index contributed by atoms with van der Waals surface area (Å²) in [6, 6.07) is 1.82. The third-order valence-corrected chi connectivity index (χ3v) is 3.91. The van der Waals surface area contributed by atoms with E-state index in [0.717, 1.165) is 18.7 Å². The molecule has 2 rings (SSSR count). The number of carbonyl (C=O) groups is 1. The molecule has 0 aliphatic carbocycles. The van der Waals surface area contributed by atoms with Gasteiger partial charge >= 0.3 is 0 Å². The Bertz CT molecular complexity index is 458. The first-order chi connectivity index (χ1) is 9.51. The number of amides is 1. The van der Waals surface area contributed by atoms with Crippen molar-refractivity contribution in [3.63, 3.8) is 0 Å². The van der Waals surface area contributed by atoms with Crippen LogP contribution in [0.3, 0.4) is 0 Å². The van der Waals surface area contributed by atoms with Crippen LogP contribution in [-0.4, -0.2) is 46.8 Å². The highest BCUT2D eigenvalue weighted by Crippen LogP contribution is 2.23. The number of hydrogen-bond acceptors (Lipinski definition) is 5. The van der Waals surface area contributed by atoms with Crippen LogP contribution in [0.2, 0.25) is 0 Å². The van der Waals surface area contributed by atoms with E-state index in [1.807, 2.05) is 18.7 Å². The van der Waals surface area contributed by atoms with Crippen LogP contribution in [0, 0.1) is 5.92 Å². The van der Waals surface area contributed by atoms with Crippen molar-refractivity contribution in [2.75, 3.05) is 25.0 Å². The fourth-order valence-corrected chi connectivity index (χ4v) is 2.56. The Kier molecular flexibility index (Phi) is 4.77. The summed E-state index contributed by atoms with van der Waals surface area (Å²) in [4.78, 5) is 14.0. The topological polar surface area (TPSA) is 78.6 Å². The number of aliphatic hydroxyl groups is 1. The molecule has 2 unspecified atom stereocenters. The van der Waals surface area contributed by atoms with Crippen molar-refractivity contribution in [1.29, 1.82) is 0 Å². The summed E-state index contributed by atoms with van der Waals surface area (Å²) in [7, 11) is 0. The number of likely N-dealkylation sites (tertiary alicyclic amines) is 1. The van der Waals surface area contributed by atoms with Crippen molar-refractivity contribution in [3.05, 3.63) is 11.8 Å². The van der Waals surface area contributed by atoms with Gasteiger partial charge in [0.2, 0.25) is 11.8 Å². The first kappa shape index (κ1) is 15.0. The third-order valence-electron chi connectivity index (χ3n) is 3.91. The van der Waals surface area contributed by atoms with Gasteiger partial charge in [-0.25, -0.2) is 0 Å². The third kappa shape index (κ3) is 3.37. The number of hydrogen-bond donors (Lipinski definition) is 2. The molecule has 1 fully saturated rings. The fraction of sp³-hybridized carbons (Fsp3) is 0.714. The maximum absolute atomic E-state index is 12.0. The molecule has 0 saturated carbocycles. The van der Waals surface area contributed by atoms with Gasteiger partial charge in [-0.1, -0.05) is 25.9 Å². The SMILES string of the molecule is CC(C)c1cc(NC(=O)CN2CCC(C)C2CO)on1. The van der Waals surface area contributed by atoms with Crippen molar-refractivity contribution < 1.29 is 14.4 Å². The van der Waals surface area contributed by atoms with Crippen LogP contribution in [0.15, 0.2) is 10.6 Å². The fourth-order valence-electron chi connectivity index (χ4n) is 2.56. The van der Waals surface area contributed by atoms with E-state index in [-0.39, 0.29) is 31.0 Å². The minimum atomic E-state index is -0.135. The van der Waals surface area contributed by atoms with Crippen LogP contribution in [0.4, 0.5) is 5.88 Å². The molecule has 0 aromatic carbocycles. The van der Waals surface area contributed by atoms with Crippen LogP contribution in [0.25, 0.3) is 0 Å². The zero-order chi connectivity index (χ0) is 14.7. The van der Waals surface area contributed by atoms with Crippen LogP contribution in [-0.2, 0) is 4.79 Å². The molecule has 1 aromatic heterocycles. The Morgan fingerprint density at radius 3 is 3.00 bits per heavy atom. The van der Waals surface area contributed by atoms with E-state index in [2.05, 4.69) is 17.4 Å². The molecular formula is C14H23N3O3.